The number of hydrogen-bond donors (Lipinski definition) is 2. The van der Waals surface area contributed by atoms with Crippen molar-refractivity contribution in [3.8, 4) is 5.75 Å². The van der Waals surface area contributed by atoms with Crippen LogP contribution in [0.1, 0.15) is 57.4 Å². The molecule has 2 fully saturated rings. The third kappa shape index (κ3) is 5.96. The van der Waals surface area contributed by atoms with Crippen molar-refractivity contribution in [2.45, 2.75) is 76.5 Å². The van der Waals surface area contributed by atoms with Crippen molar-refractivity contribution in [1.29, 1.82) is 0 Å². The first-order valence-corrected chi connectivity index (χ1v) is 10.5. The number of ether oxygens (including phenoxy) is 1. The van der Waals surface area contributed by atoms with Crippen LogP contribution in [0.25, 0.3) is 0 Å². The predicted octanol–water partition coefficient (Wildman–Crippen LogP) is 2.99. The van der Waals surface area contributed by atoms with E-state index in [-0.39, 0.29) is 24.5 Å². The Kier molecular flexibility index (Phi) is 7.31. The van der Waals surface area contributed by atoms with Gasteiger partial charge >= 0.3 is 5.97 Å². The molecule has 3 rings (SSSR count). The smallest absolute Gasteiger partial charge is 0.317 e. The van der Waals surface area contributed by atoms with Gasteiger partial charge in [-0.1, -0.05) is 19.1 Å². The van der Waals surface area contributed by atoms with Gasteiger partial charge in [-0.15, -0.1) is 0 Å². The largest absolute Gasteiger partial charge is 0.490 e. The maximum atomic E-state index is 12.3. The molecule has 0 saturated heterocycles. The molecule has 0 radical (unpaired) electrons. The molecule has 2 aliphatic carbocycles. The van der Waals surface area contributed by atoms with E-state index < -0.39 is 5.97 Å². The highest BCUT2D eigenvalue weighted by molar-refractivity contribution is 5.76. The summed E-state index contributed by atoms with van der Waals surface area (Å²) in [5.41, 5.74) is 1.12. The molecular weight excluding hydrogens is 356 g/mol. The quantitative estimate of drug-likeness (QED) is 0.644. The monoisotopic (exact) mass is 388 g/mol. The van der Waals surface area contributed by atoms with E-state index in [1.54, 1.807) is 0 Å². The molecule has 2 N–H and O–H groups in total. The number of amides is 1. The van der Waals surface area contributed by atoms with Crippen LogP contribution in [0.3, 0.4) is 0 Å². The van der Waals surface area contributed by atoms with E-state index in [1.165, 1.54) is 12.8 Å². The highest BCUT2D eigenvalue weighted by atomic mass is 16.5. The van der Waals surface area contributed by atoms with Crippen LogP contribution in [-0.2, 0) is 16.0 Å². The molecule has 6 nitrogen and oxygen atoms in total. The van der Waals surface area contributed by atoms with Crippen LogP contribution in [0, 0.1) is 0 Å². The van der Waals surface area contributed by atoms with Gasteiger partial charge in [0, 0.05) is 18.5 Å². The van der Waals surface area contributed by atoms with E-state index in [9.17, 15) is 9.59 Å². The molecule has 1 aromatic carbocycles. The normalized spacial score (nSPS) is 22.1. The van der Waals surface area contributed by atoms with Crippen LogP contribution in [0.15, 0.2) is 24.3 Å². The lowest BCUT2D eigenvalue weighted by Gasteiger charge is -2.42. The van der Waals surface area contributed by atoms with Gasteiger partial charge in [-0.25, -0.2) is 0 Å². The molecule has 0 spiro atoms. The van der Waals surface area contributed by atoms with Crippen molar-refractivity contribution >= 4 is 11.9 Å². The van der Waals surface area contributed by atoms with Gasteiger partial charge in [0.2, 0.25) is 5.91 Å². The van der Waals surface area contributed by atoms with Crippen molar-refractivity contribution in [3.05, 3.63) is 29.8 Å². The Hall–Kier alpha value is -2.08. The van der Waals surface area contributed by atoms with Gasteiger partial charge in [0.25, 0.3) is 0 Å². The molecular formula is C22H32N2O4. The Balaban J connectivity index is 1.37. The van der Waals surface area contributed by atoms with Crippen LogP contribution in [0.2, 0.25) is 0 Å². The topological polar surface area (TPSA) is 78.9 Å². The number of aryl methyl sites for hydroxylation is 1. The maximum absolute atomic E-state index is 12.3. The first-order valence-electron chi connectivity index (χ1n) is 10.5. The minimum Gasteiger partial charge on any atom is -0.490 e. The lowest BCUT2D eigenvalue weighted by atomic mass is 9.85. The minimum atomic E-state index is -0.798. The van der Waals surface area contributed by atoms with Crippen LogP contribution in [0.4, 0.5) is 0 Å². The standard InChI is InChI=1S/C22H32N2O4/c1-2-24(15-22(26)27)18-13-17(14-18)23-21(25)11-10-16-6-5-9-20(12-16)28-19-7-3-4-8-19/h5-6,9,12,17-19H,2-4,7-8,10-11,13-15H2,1H3,(H,23,25)(H,26,27). The van der Waals surface area contributed by atoms with Crippen LogP contribution < -0.4 is 10.1 Å². The highest BCUT2D eigenvalue weighted by Gasteiger charge is 2.34. The molecule has 0 bridgehead atoms. The fourth-order valence-electron chi connectivity index (χ4n) is 4.21. The second kappa shape index (κ2) is 9.92. The van der Waals surface area contributed by atoms with Gasteiger partial charge < -0.3 is 15.2 Å². The van der Waals surface area contributed by atoms with Gasteiger partial charge in [0.1, 0.15) is 5.75 Å². The Morgan fingerprint density at radius 2 is 2.00 bits per heavy atom. The van der Waals surface area contributed by atoms with Crippen LogP contribution in [-0.4, -0.2) is 53.2 Å². The van der Waals surface area contributed by atoms with Crippen molar-refractivity contribution < 1.29 is 19.4 Å². The summed E-state index contributed by atoms with van der Waals surface area (Å²) in [7, 11) is 0. The molecule has 0 aromatic heterocycles. The summed E-state index contributed by atoms with van der Waals surface area (Å²) in [5.74, 6) is 0.171. The summed E-state index contributed by atoms with van der Waals surface area (Å²) in [4.78, 5) is 25.1. The van der Waals surface area contributed by atoms with Crippen molar-refractivity contribution in [1.82, 2.24) is 10.2 Å². The Labute approximate surface area is 167 Å². The molecule has 28 heavy (non-hydrogen) atoms. The highest BCUT2D eigenvalue weighted by Crippen LogP contribution is 2.26. The summed E-state index contributed by atoms with van der Waals surface area (Å²) in [6.07, 6.45) is 7.93. The number of nitrogens with one attached hydrogen (secondary N) is 1. The number of likely N-dealkylation sites (N-methyl/N-ethyl adjacent to an activating group) is 1. The molecule has 6 heteroatoms. The zero-order chi connectivity index (χ0) is 19.9. The molecule has 0 unspecified atom stereocenters. The van der Waals surface area contributed by atoms with E-state index in [1.807, 2.05) is 30.0 Å². The predicted molar refractivity (Wildman–Crippen MR) is 107 cm³/mol. The number of hydrogen-bond acceptors (Lipinski definition) is 4. The molecule has 2 aliphatic rings. The fourth-order valence-corrected chi connectivity index (χ4v) is 4.21. The number of carboxylic acids is 1. The Morgan fingerprint density at radius 3 is 2.68 bits per heavy atom. The van der Waals surface area contributed by atoms with E-state index in [2.05, 4.69) is 11.4 Å². The van der Waals surface area contributed by atoms with Crippen molar-refractivity contribution in [2.75, 3.05) is 13.1 Å². The van der Waals surface area contributed by atoms with Gasteiger partial charge in [-0.2, -0.15) is 0 Å². The summed E-state index contributed by atoms with van der Waals surface area (Å²) >= 11 is 0. The zero-order valence-corrected chi connectivity index (χ0v) is 16.7. The summed E-state index contributed by atoms with van der Waals surface area (Å²) < 4.78 is 6.04. The second-order valence-corrected chi connectivity index (χ2v) is 8.02. The third-order valence-corrected chi connectivity index (χ3v) is 5.88. The van der Waals surface area contributed by atoms with Gasteiger partial charge in [-0.3, -0.25) is 14.5 Å². The average Bonchev–Trinajstić information content (AvgIpc) is 3.14. The number of carboxylic acid groups (broad SMARTS) is 1. The molecule has 2 saturated carbocycles. The first-order chi connectivity index (χ1) is 13.5. The lowest BCUT2D eigenvalue weighted by Crippen LogP contribution is -2.54. The van der Waals surface area contributed by atoms with E-state index >= 15 is 0 Å². The van der Waals surface area contributed by atoms with Crippen molar-refractivity contribution in [2.24, 2.45) is 0 Å². The fraction of sp³-hybridized carbons (Fsp3) is 0.636. The zero-order valence-electron chi connectivity index (χ0n) is 16.7. The number of benzene rings is 1. The molecule has 1 amide bonds. The van der Waals surface area contributed by atoms with E-state index in [4.69, 9.17) is 9.84 Å². The summed E-state index contributed by atoms with van der Waals surface area (Å²) in [6.45, 7) is 2.76. The van der Waals surface area contributed by atoms with Crippen molar-refractivity contribution in [3.63, 3.8) is 0 Å². The number of rotatable bonds is 10. The van der Waals surface area contributed by atoms with Gasteiger partial charge in [0.05, 0.1) is 12.6 Å². The van der Waals surface area contributed by atoms with E-state index in [0.29, 0.717) is 18.9 Å². The molecule has 0 atom stereocenters. The Bertz CT molecular complexity index is 666. The van der Waals surface area contributed by atoms with Crippen LogP contribution >= 0.6 is 0 Å². The Morgan fingerprint density at radius 1 is 1.25 bits per heavy atom. The third-order valence-electron chi connectivity index (χ3n) is 5.88. The molecule has 0 heterocycles. The second-order valence-electron chi connectivity index (χ2n) is 8.02. The van der Waals surface area contributed by atoms with Gasteiger partial charge in [-0.05, 0) is 69.2 Å². The summed E-state index contributed by atoms with van der Waals surface area (Å²) in [5, 5.41) is 12.0. The van der Waals surface area contributed by atoms with Gasteiger partial charge in [0.15, 0.2) is 0 Å². The number of aliphatic carboxylic acids is 1. The number of carbonyl (C=O) groups is 2. The number of carbonyl (C=O) groups excluding carboxylic acids is 1. The maximum Gasteiger partial charge on any atom is 0.317 e. The lowest BCUT2D eigenvalue weighted by molar-refractivity contribution is -0.139. The first kappa shape index (κ1) is 20.6. The van der Waals surface area contributed by atoms with Crippen LogP contribution in [0.5, 0.6) is 5.75 Å². The SMILES string of the molecule is CCN(CC(=O)O)C1CC(NC(=O)CCc2cccc(OC3CCCC3)c2)C1. The minimum absolute atomic E-state index is 0.0619. The molecule has 154 valence electrons. The molecule has 1 aromatic rings. The molecule has 0 aliphatic heterocycles. The average molecular weight is 389 g/mol. The summed E-state index contributed by atoms with van der Waals surface area (Å²) in [6, 6.07) is 8.51. The van der Waals surface area contributed by atoms with E-state index in [0.717, 1.165) is 43.5 Å². The number of nitrogens with zero attached hydrogens (tertiary/aromatic N) is 1.